The summed E-state index contributed by atoms with van der Waals surface area (Å²) in [6, 6.07) is 11.3. The highest BCUT2D eigenvalue weighted by Gasteiger charge is 2.23. The molecule has 132 valence electrons. The van der Waals surface area contributed by atoms with Gasteiger partial charge in [0.2, 0.25) is 0 Å². The summed E-state index contributed by atoms with van der Waals surface area (Å²) < 4.78 is 16.3. The number of nitrogens with two attached hydrogens (primary N) is 1. The van der Waals surface area contributed by atoms with Crippen molar-refractivity contribution in [2.45, 2.75) is 6.17 Å². The van der Waals surface area contributed by atoms with Gasteiger partial charge in [0.15, 0.2) is 6.17 Å². The minimum Gasteiger partial charge on any atom is -0.496 e. The second-order valence-electron chi connectivity index (χ2n) is 5.52. The molecule has 3 rings (SSSR count). The van der Waals surface area contributed by atoms with Crippen molar-refractivity contribution in [1.82, 2.24) is 0 Å². The fraction of sp³-hybridized carbons (Fsp3) is 0.278. The average Bonchev–Trinajstić information content (AvgIpc) is 2.63. The van der Waals surface area contributed by atoms with E-state index >= 15 is 0 Å². The van der Waals surface area contributed by atoms with Crippen molar-refractivity contribution < 1.29 is 14.2 Å². The molecule has 0 amide bonds. The minimum absolute atomic E-state index is 0.275. The fourth-order valence-electron chi connectivity index (χ4n) is 2.60. The van der Waals surface area contributed by atoms with Crippen LogP contribution in [-0.2, 0) is 4.74 Å². The third kappa shape index (κ3) is 3.95. The first-order valence-electron chi connectivity index (χ1n) is 7.95. The number of hydrogen-bond acceptors (Lipinski definition) is 7. The molecular formula is C18H22N4O3. The van der Waals surface area contributed by atoms with Crippen LogP contribution in [0.2, 0.25) is 0 Å². The van der Waals surface area contributed by atoms with E-state index in [1.165, 1.54) is 0 Å². The summed E-state index contributed by atoms with van der Waals surface area (Å²) in [5.74, 6) is 1.41. The van der Waals surface area contributed by atoms with Gasteiger partial charge in [-0.05, 0) is 24.3 Å². The quantitative estimate of drug-likeness (QED) is 0.529. The van der Waals surface area contributed by atoms with Crippen LogP contribution in [0.4, 0.5) is 17.1 Å². The Balaban J connectivity index is 1.86. The molecule has 0 aromatic heterocycles. The van der Waals surface area contributed by atoms with Crippen molar-refractivity contribution in [1.29, 1.82) is 0 Å². The van der Waals surface area contributed by atoms with Gasteiger partial charge < -0.3 is 30.6 Å². The van der Waals surface area contributed by atoms with Gasteiger partial charge >= 0.3 is 0 Å². The number of nitrogen functional groups attached to an aromatic ring is 1. The van der Waals surface area contributed by atoms with Crippen LogP contribution in [0.15, 0.2) is 41.4 Å². The van der Waals surface area contributed by atoms with Crippen LogP contribution in [0.5, 0.6) is 11.5 Å². The third-order valence-electron chi connectivity index (χ3n) is 3.82. The number of rotatable bonds is 7. The Morgan fingerprint density at radius 3 is 2.68 bits per heavy atom. The van der Waals surface area contributed by atoms with E-state index in [4.69, 9.17) is 19.9 Å². The van der Waals surface area contributed by atoms with Crippen LogP contribution in [0.25, 0.3) is 0 Å². The number of nitrogens with zero attached hydrogens (tertiary/aromatic N) is 1. The van der Waals surface area contributed by atoms with Crippen LogP contribution in [0, 0.1) is 0 Å². The maximum Gasteiger partial charge on any atom is 0.152 e. The van der Waals surface area contributed by atoms with Crippen LogP contribution >= 0.6 is 0 Å². The van der Waals surface area contributed by atoms with Gasteiger partial charge in [-0.1, -0.05) is 0 Å². The summed E-state index contributed by atoms with van der Waals surface area (Å²) in [5, 5.41) is 6.53. The standard InChI is InChI=1S/C18H22N4O3/c1-23-7-8-25-14-9-15-17(16(10-14)24-2)18(21-11-20-15)22-13-5-3-12(19)4-6-13/h3-6,9-11,18,22H,7-8,19H2,1-2H3,(H,20,21). The van der Waals surface area contributed by atoms with Crippen molar-refractivity contribution in [2.24, 2.45) is 4.99 Å². The summed E-state index contributed by atoms with van der Waals surface area (Å²) in [6.07, 6.45) is 1.39. The second-order valence-corrected chi connectivity index (χ2v) is 5.52. The third-order valence-corrected chi connectivity index (χ3v) is 3.82. The summed E-state index contributed by atoms with van der Waals surface area (Å²) in [6.45, 7) is 0.995. The monoisotopic (exact) mass is 342 g/mol. The molecule has 7 heteroatoms. The van der Waals surface area contributed by atoms with Crippen molar-refractivity contribution in [2.75, 3.05) is 43.8 Å². The van der Waals surface area contributed by atoms with E-state index < -0.39 is 0 Å². The van der Waals surface area contributed by atoms with Gasteiger partial charge in [-0.25, -0.2) is 4.99 Å². The van der Waals surface area contributed by atoms with E-state index in [2.05, 4.69) is 15.6 Å². The van der Waals surface area contributed by atoms with Gasteiger partial charge in [0.1, 0.15) is 18.1 Å². The van der Waals surface area contributed by atoms with E-state index in [0.717, 1.165) is 22.6 Å². The van der Waals surface area contributed by atoms with Gasteiger partial charge in [0.05, 0.1) is 31.3 Å². The highest BCUT2D eigenvalue weighted by atomic mass is 16.5. The molecule has 1 aliphatic heterocycles. The molecule has 0 aliphatic carbocycles. The van der Waals surface area contributed by atoms with Crippen molar-refractivity contribution in [3.8, 4) is 11.5 Å². The SMILES string of the molecule is COCCOc1cc2c(c(OC)c1)C(Nc1ccc(N)cc1)N=CN2. The van der Waals surface area contributed by atoms with Crippen LogP contribution in [-0.4, -0.2) is 33.8 Å². The van der Waals surface area contributed by atoms with E-state index in [-0.39, 0.29) is 6.17 Å². The number of benzene rings is 2. The van der Waals surface area contributed by atoms with E-state index in [9.17, 15) is 0 Å². The second kappa shape index (κ2) is 7.76. The molecule has 0 bridgehead atoms. The van der Waals surface area contributed by atoms with Crippen LogP contribution < -0.4 is 25.8 Å². The van der Waals surface area contributed by atoms with Crippen LogP contribution in [0.3, 0.4) is 0 Å². The molecule has 2 aromatic rings. The van der Waals surface area contributed by atoms with Crippen molar-refractivity contribution >= 4 is 23.4 Å². The lowest BCUT2D eigenvalue weighted by Crippen LogP contribution is -2.18. The molecule has 1 unspecified atom stereocenters. The van der Waals surface area contributed by atoms with E-state index in [1.807, 2.05) is 36.4 Å². The Bertz CT molecular complexity index is 747. The summed E-state index contributed by atoms with van der Waals surface area (Å²) in [4.78, 5) is 4.48. The number of aliphatic imine (C=N–C) groups is 1. The summed E-state index contributed by atoms with van der Waals surface area (Å²) >= 11 is 0. The first-order chi connectivity index (χ1) is 12.2. The molecule has 0 spiro atoms. The molecule has 0 radical (unpaired) electrons. The molecule has 2 aromatic carbocycles. The molecular weight excluding hydrogens is 320 g/mol. The lowest BCUT2D eigenvalue weighted by molar-refractivity contribution is 0.146. The maximum absolute atomic E-state index is 5.74. The molecule has 4 N–H and O–H groups in total. The Labute approximate surface area is 146 Å². The topological polar surface area (TPSA) is 90.1 Å². The molecule has 0 fully saturated rings. The molecule has 1 aliphatic rings. The summed E-state index contributed by atoms with van der Waals surface area (Å²) in [5.41, 5.74) is 9.18. The Kier molecular flexibility index (Phi) is 5.25. The van der Waals surface area contributed by atoms with Gasteiger partial charge in [0, 0.05) is 30.6 Å². The number of anilines is 3. The van der Waals surface area contributed by atoms with Gasteiger partial charge in [0.25, 0.3) is 0 Å². The summed E-state index contributed by atoms with van der Waals surface area (Å²) in [7, 11) is 3.27. The zero-order valence-corrected chi connectivity index (χ0v) is 14.3. The number of nitrogens with one attached hydrogen (secondary N) is 2. The zero-order valence-electron chi connectivity index (χ0n) is 14.3. The first kappa shape index (κ1) is 16.9. The van der Waals surface area contributed by atoms with E-state index in [0.29, 0.717) is 24.7 Å². The largest absolute Gasteiger partial charge is 0.496 e. The van der Waals surface area contributed by atoms with Gasteiger partial charge in [-0.3, -0.25) is 0 Å². The Morgan fingerprint density at radius 1 is 1.16 bits per heavy atom. The lowest BCUT2D eigenvalue weighted by atomic mass is 10.1. The number of ether oxygens (including phenoxy) is 3. The lowest BCUT2D eigenvalue weighted by Gasteiger charge is -2.25. The molecule has 1 atom stereocenters. The number of fused-ring (bicyclic) bond motifs is 1. The highest BCUT2D eigenvalue weighted by Crippen LogP contribution is 2.40. The van der Waals surface area contributed by atoms with Gasteiger partial charge in [-0.15, -0.1) is 0 Å². The average molecular weight is 342 g/mol. The minimum atomic E-state index is -0.275. The van der Waals surface area contributed by atoms with Crippen LogP contribution in [0.1, 0.15) is 11.7 Å². The Morgan fingerprint density at radius 2 is 1.96 bits per heavy atom. The number of methoxy groups -OCH3 is 2. The molecule has 1 heterocycles. The number of hydrogen-bond donors (Lipinski definition) is 3. The molecule has 0 saturated carbocycles. The molecule has 25 heavy (non-hydrogen) atoms. The molecule has 7 nitrogen and oxygen atoms in total. The van der Waals surface area contributed by atoms with Crippen molar-refractivity contribution in [3.63, 3.8) is 0 Å². The van der Waals surface area contributed by atoms with Crippen molar-refractivity contribution in [3.05, 3.63) is 42.0 Å². The smallest absolute Gasteiger partial charge is 0.152 e. The predicted octanol–water partition coefficient (Wildman–Crippen LogP) is 2.87. The normalized spacial score (nSPS) is 15.2. The van der Waals surface area contributed by atoms with Gasteiger partial charge in [-0.2, -0.15) is 0 Å². The highest BCUT2D eigenvalue weighted by molar-refractivity contribution is 5.83. The fourth-order valence-corrected chi connectivity index (χ4v) is 2.60. The molecule has 0 saturated heterocycles. The predicted molar refractivity (Wildman–Crippen MR) is 99.7 cm³/mol. The first-order valence-corrected chi connectivity index (χ1v) is 7.95. The zero-order chi connectivity index (χ0) is 17.6. The maximum atomic E-state index is 5.74. The van der Waals surface area contributed by atoms with E-state index in [1.54, 1.807) is 20.6 Å². The Hall–Kier alpha value is -2.93.